The number of quaternary nitrogens is 1. The summed E-state index contributed by atoms with van der Waals surface area (Å²) in [4.78, 5) is 14.4. The Hall–Kier alpha value is -3.77. The molecule has 3 aromatic carbocycles. The number of aliphatic hydroxyl groups excluding tert-OH is 2. The van der Waals surface area contributed by atoms with E-state index in [0.717, 1.165) is 79.5 Å². The number of aromatic hydroxyl groups is 1. The van der Waals surface area contributed by atoms with Crippen LogP contribution in [0.2, 0.25) is 0 Å². The summed E-state index contributed by atoms with van der Waals surface area (Å²) in [6, 6.07) is 22.0. The molecule has 3 aliphatic heterocycles. The van der Waals surface area contributed by atoms with Crippen molar-refractivity contribution in [3.05, 3.63) is 105 Å². The second-order valence-corrected chi connectivity index (χ2v) is 15.8. The van der Waals surface area contributed by atoms with E-state index in [-0.39, 0.29) is 42.5 Å². The summed E-state index contributed by atoms with van der Waals surface area (Å²) in [5.74, 6) is 1.43. The van der Waals surface area contributed by atoms with E-state index in [1.807, 2.05) is 43.3 Å². The quantitative estimate of drug-likeness (QED) is 0.0649. The van der Waals surface area contributed by atoms with E-state index in [1.54, 1.807) is 12.1 Å². The number of nitrogens with one attached hydrogen (secondary N) is 2. The van der Waals surface area contributed by atoms with E-state index in [0.29, 0.717) is 41.3 Å². The monoisotopic (exact) mass is 726 g/mol. The first-order valence-corrected chi connectivity index (χ1v) is 19.6. The second-order valence-electron chi connectivity index (χ2n) is 15.8. The van der Waals surface area contributed by atoms with Crippen LogP contribution < -0.4 is 15.6 Å². The van der Waals surface area contributed by atoms with Crippen molar-refractivity contribution in [2.75, 3.05) is 45.9 Å². The number of hydrogen-bond acceptors (Lipinski definition) is 8. The van der Waals surface area contributed by atoms with Gasteiger partial charge in [-0.3, -0.25) is 4.79 Å². The largest absolute Gasteiger partial charge is 0.506 e. The number of H-pyrrole nitrogens is 1. The van der Waals surface area contributed by atoms with Crippen LogP contribution in [0.4, 0.5) is 0 Å². The number of phenolic OH excluding ortho intramolecular Hbond substituents is 1. The lowest BCUT2D eigenvalue weighted by Crippen LogP contribution is -2.65. The average molecular weight is 727 g/mol. The fourth-order valence-corrected chi connectivity index (χ4v) is 9.31. The molecule has 4 aromatic rings. The number of ether oxygens (including phenoxy) is 2. The first kappa shape index (κ1) is 37.5. The number of rotatable bonds is 16. The van der Waals surface area contributed by atoms with Gasteiger partial charge in [0.1, 0.15) is 29.7 Å². The molecule has 6 N–H and O–H groups in total. The van der Waals surface area contributed by atoms with Gasteiger partial charge in [0.2, 0.25) is 5.56 Å². The SMILES string of the molecule is CC(NC[C@H](O)c1ccc(O)c2[nH]c(=O)ccc12)c1ccc(OCCC[N+]23CCC(CC2)[C@@H](OC[C@@](O)(c2ccccc2)C2CCCC2)C3)c(CO)c1. The van der Waals surface area contributed by atoms with E-state index in [2.05, 4.69) is 22.4 Å². The highest BCUT2D eigenvalue weighted by Gasteiger charge is 2.48. The number of phenols is 1. The molecule has 53 heavy (non-hydrogen) atoms. The Bertz CT molecular complexity index is 1890. The third-order valence-electron chi connectivity index (χ3n) is 12.5. The molecule has 1 saturated carbocycles. The van der Waals surface area contributed by atoms with Crippen LogP contribution in [0.15, 0.2) is 77.6 Å². The molecule has 284 valence electrons. The smallest absolute Gasteiger partial charge is 0.248 e. The van der Waals surface area contributed by atoms with Gasteiger partial charge < -0.3 is 44.7 Å². The molecular formula is C43H56N3O7+. The lowest BCUT2D eigenvalue weighted by molar-refractivity contribution is -0.946. The highest BCUT2D eigenvalue weighted by Crippen LogP contribution is 2.43. The van der Waals surface area contributed by atoms with Crippen LogP contribution in [-0.2, 0) is 16.9 Å². The summed E-state index contributed by atoms with van der Waals surface area (Å²) in [6.45, 7) is 7.34. The standard InChI is InChI=1S/C43H55N3O7/c1-29(44-25-38(49)35-13-15-37(48)42-36(35)14-17-41(50)45-42)31-12-16-39(32(24-31)27-47)52-23-7-20-46-21-18-30(19-22-46)40(26-46)53-28-43(51,34-10-5-6-11-34)33-8-3-2-4-9-33/h2-4,8-9,12-17,24,29-30,34,38,40,44,47,49,51H,5-7,10-11,18-23,25-28H2,1H3,(H-,45,48,50)/p+1/t29?,30?,38-,40-,43+,46?/m0/s1. The van der Waals surface area contributed by atoms with Crippen LogP contribution in [0.5, 0.6) is 11.5 Å². The van der Waals surface area contributed by atoms with Gasteiger partial charge in [0.05, 0.1) is 51.1 Å². The summed E-state index contributed by atoms with van der Waals surface area (Å²) < 4.78 is 14.0. The molecule has 2 bridgehead atoms. The molecule has 8 rings (SSSR count). The lowest BCUT2D eigenvalue weighted by atomic mass is 9.80. The van der Waals surface area contributed by atoms with E-state index in [1.165, 1.54) is 25.0 Å². The fourth-order valence-electron chi connectivity index (χ4n) is 9.31. The normalized spacial score (nSPS) is 23.9. The molecule has 1 unspecified atom stereocenters. The first-order chi connectivity index (χ1) is 25.7. The molecule has 4 atom stereocenters. The molecule has 10 nitrogen and oxygen atoms in total. The van der Waals surface area contributed by atoms with Crippen LogP contribution in [0.1, 0.15) is 86.3 Å². The van der Waals surface area contributed by atoms with Gasteiger partial charge in [-0.05, 0) is 66.6 Å². The zero-order chi connectivity index (χ0) is 37.0. The van der Waals surface area contributed by atoms with Crippen molar-refractivity contribution in [3.8, 4) is 11.5 Å². The number of piperidine rings is 3. The first-order valence-electron chi connectivity index (χ1n) is 19.6. The molecule has 1 aromatic heterocycles. The number of hydrogen-bond donors (Lipinski definition) is 6. The number of fused-ring (bicyclic) bond motifs is 4. The van der Waals surface area contributed by atoms with Crippen molar-refractivity contribution < 1.29 is 34.4 Å². The molecule has 1 aliphatic carbocycles. The van der Waals surface area contributed by atoms with E-state index in [4.69, 9.17) is 9.47 Å². The minimum Gasteiger partial charge on any atom is -0.506 e. The molecule has 0 amide bonds. The van der Waals surface area contributed by atoms with Crippen LogP contribution >= 0.6 is 0 Å². The van der Waals surface area contributed by atoms with E-state index >= 15 is 0 Å². The maximum atomic E-state index is 12.1. The Kier molecular flexibility index (Phi) is 11.5. The van der Waals surface area contributed by atoms with Crippen LogP contribution in [0, 0.1) is 11.8 Å². The topological polar surface area (TPSA) is 144 Å². The van der Waals surface area contributed by atoms with Gasteiger partial charge in [-0.15, -0.1) is 0 Å². The maximum Gasteiger partial charge on any atom is 0.248 e. The number of nitrogens with zero attached hydrogens (tertiary/aromatic N) is 1. The summed E-state index contributed by atoms with van der Waals surface area (Å²) in [5.41, 5.74) is 2.30. The van der Waals surface area contributed by atoms with E-state index in [9.17, 15) is 25.2 Å². The Morgan fingerprint density at radius 2 is 1.77 bits per heavy atom. The molecule has 0 radical (unpaired) electrons. The molecule has 10 heteroatoms. The number of aromatic nitrogens is 1. The number of aromatic amines is 1. The van der Waals surface area contributed by atoms with Gasteiger partial charge in [-0.1, -0.05) is 55.3 Å². The Balaban J connectivity index is 0.909. The Morgan fingerprint density at radius 1 is 1.00 bits per heavy atom. The summed E-state index contributed by atoms with van der Waals surface area (Å²) in [5, 5.41) is 47.5. The highest BCUT2D eigenvalue weighted by molar-refractivity contribution is 5.87. The number of aliphatic hydroxyl groups is 3. The third-order valence-corrected chi connectivity index (χ3v) is 12.5. The van der Waals surface area contributed by atoms with Crippen molar-refractivity contribution in [2.45, 2.75) is 82.3 Å². The van der Waals surface area contributed by atoms with Gasteiger partial charge in [-0.2, -0.15) is 0 Å². The maximum absolute atomic E-state index is 12.1. The minimum absolute atomic E-state index is 0.0457. The summed E-state index contributed by atoms with van der Waals surface area (Å²) in [7, 11) is 0. The van der Waals surface area contributed by atoms with Crippen LogP contribution in [0.25, 0.3) is 10.9 Å². The van der Waals surface area contributed by atoms with Crippen molar-refractivity contribution >= 4 is 10.9 Å². The van der Waals surface area contributed by atoms with Gasteiger partial charge in [0.25, 0.3) is 0 Å². The zero-order valence-electron chi connectivity index (χ0n) is 30.9. The predicted molar refractivity (Wildman–Crippen MR) is 205 cm³/mol. The summed E-state index contributed by atoms with van der Waals surface area (Å²) >= 11 is 0. The highest BCUT2D eigenvalue weighted by atomic mass is 16.5. The second kappa shape index (κ2) is 16.3. The van der Waals surface area contributed by atoms with Gasteiger partial charge >= 0.3 is 0 Å². The predicted octanol–water partition coefficient (Wildman–Crippen LogP) is 5.58. The van der Waals surface area contributed by atoms with Crippen LogP contribution in [-0.4, -0.2) is 81.9 Å². The Labute approximate surface area is 312 Å². The average Bonchev–Trinajstić information content (AvgIpc) is 3.75. The van der Waals surface area contributed by atoms with Gasteiger partial charge in [-0.25, -0.2) is 0 Å². The van der Waals surface area contributed by atoms with Gasteiger partial charge in [0.15, 0.2) is 0 Å². The molecule has 4 aliphatic rings. The minimum atomic E-state index is -0.940. The zero-order valence-corrected chi connectivity index (χ0v) is 30.9. The van der Waals surface area contributed by atoms with Crippen molar-refractivity contribution in [1.29, 1.82) is 0 Å². The molecular weight excluding hydrogens is 670 g/mol. The van der Waals surface area contributed by atoms with Crippen molar-refractivity contribution in [3.63, 3.8) is 0 Å². The number of benzene rings is 3. The lowest BCUT2D eigenvalue weighted by Gasteiger charge is -2.53. The molecule has 4 fully saturated rings. The number of pyridine rings is 1. The Morgan fingerprint density at radius 3 is 2.53 bits per heavy atom. The molecule has 4 heterocycles. The van der Waals surface area contributed by atoms with Crippen molar-refractivity contribution in [1.82, 2.24) is 10.3 Å². The molecule has 3 saturated heterocycles. The van der Waals surface area contributed by atoms with Gasteiger partial charge in [0, 0.05) is 54.8 Å². The van der Waals surface area contributed by atoms with E-state index < -0.39 is 11.7 Å². The fraction of sp³-hybridized carbons (Fsp3) is 0.512. The summed E-state index contributed by atoms with van der Waals surface area (Å²) in [6.07, 6.45) is 6.94. The molecule has 0 spiro atoms. The van der Waals surface area contributed by atoms with Crippen molar-refractivity contribution in [2.24, 2.45) is 11.8 Å². The third kappa shape index (κ3) is 8.18. The van der Waals surface area contributed by atoms with Crippen LogP contribution in [0.3, 0.4) is 0 Å².